The quantitative estimate of drug-likeness (QED) is 0.529. The normalized spacial score (nSPS) is 21.2. The van der Waals surface area contributed by atoms with Crippen molar-refractivity contribution >= 4 is 0 Å². The summed E-state index contributed by atoms with van der Waals surface area (Å²) in [6, 6.07) is 0. The van der Waals surface area contributed by atoms with Crippen LogP contribution in [0.2, 0.25) is 0 Å². The number of hydrogen-bond acceptors (Lipinski definition) is 0. The molecule has 0 nitrogen and oxygen atoms in total. The fourth-order valence-electron chi connectivity index (χ4n) is 2.66. The molecule has 1 aliphatic carbocycles. The first kappa shape index (κ1) is 15.8. The summed E-state index contributed by atoms with van der Waals surface area (Å²) in [6.45, 7) is 11.2. The first-order chi connectivity index (χ1) is 8.97. The van der Waals surface area contributed by atoms with Crippen LogP contribution >= 0.6 is 0 Å². The fourth-order valence-corrected chi connectivity index (χ4v) is 2.66. The van der Waals surface area contributed by atoms with Gasteiger partial charge in [-0.05, 0) is 51.0 Å². The van der Waals surface area contributed by atoms with Gasteiger partial charge in [-0.2, -0.15) is 0 Å². The average Bonchev–Trinajstić information content (AvgIpc) is 2.33. The minimum atomic E-state index is 0.333. The van der Waals surface area contributed by atoms with Gasteiger partial charge in [-0.3, -0.25) is 0 Å². The molecule has 1 rings (SSSR count). The van der Waals surface area contributed by atoms with Crippen LogP contribution < -0.4 is 0 Å². The zero-order chi connectivity index (χ0) is 14.3. The lowest BCUT2D eigenvalue weighted by Crippen LogP contribution is -2.19. The summed E-state index contributed by atoms with van der Waals surface area (Å²) in [7, 11) is 0. The van der Waals surface area contributed by atoms with Crippen molar-refractivity contribution in [1.82, 2.24) is 0 Å². The molecule has 0 bridgehead atoms. The van der Waals surface area contributed by atoms with Gasteiger partial charge >= 0.3 is 0 Å². The molecule has 104 valence electrons. The predicted octanol–water partition coefficient (Wildman–Crippen LogP) is 6.15. The maximum Gasteiger partial charge on any atom is -0.0104 e. The van der Waals surface area contributed by atoms with E-state index in [2.05, 4.69) is 58.1 Å². The van der Waals surface area contributed by atoms with Gasteiger partial charge in [0.15, 0.2) is 0 Å². The van der Waals surface area contributed by atoms with E-state index in [4.69, 9.17) is 0 Å². The monoisotopic (exact) mass is 256 g/mol. The smallest absolute Gasteiger partial charge is 0.0104 e. The second-order valence-corrected chi connectivity index (χ2v) is 6.09. The summed E-state index contributed by atoms with van der Waals surface area (Å²) in [5.41, 5.74) is 4.72. The van der Waals surface area contributed by atoms with E-state index >= 15 is 0 Å². The van der Waals surface area contributed by atoms with Crippen molar-refractivity contribution in [3.05, 3.63) is 59.3 Å². The van der Waals surface area contributed by atoms with E-state index in [9.17, 15) is 0 Å². The maximum absolute atomic E-state index is 2.36. The van der Waals surface area contributed by atoms with Gasteiger partial charge in [-0.25, -0.2) is 0 Å². The molecule has 0 saturated heterocycles. The van der Waals surface area contributed by atoms with Gasteiger partial charge in [0.25, 0.3) is 0 Å². The first-order valence-electron chi connectivity index (χ1n) is 7.32. The van der Waals surface area contributed by atoms with Gasteiger partial charge in [-0.1, -0.05) is 67.5 Å². The van der Waals surface area contributed by atoms with Crippen molar-refractivity contribution in [3.8, 4) is 0 Å². The van der Waals surface area contributed by atoms with Crippen molar-refractivity contribution in [2.75, 3.05) is 0 Å². The van der Waals surface area contributed by atoms with Gasteiger partial charge in [0.1, 0.15) is 0 Å². The van der Waals surface area contributed by atoms with Crippen LogP contribution in [0.25, 0.3) is 0 Å². The number of hydrogen-bond donors (Lipinski definition) is 0. The highest BCUT2D eigenvalue weighted by Gasteiger charge is 2.26. The van der Waals surface area contributed by atoms with Gasteiger partial charge in [0, 0.05) is 0 Å². The van der Waals surface area contributed by atoms with Crippen molar-refractivity contribution in [3.63, 3.8) is 0 Å². The summed E-state index contributed by atoms with van der Waals surface area (Å²) in [5, 5.41) is 0. The van der Waals surface area contributed by atoms with Crippen LogP contribution in [-0.4, -0.2) is 0 Å². The van der Waals surface area contributed by atoms with Crippen LogP contribution in [0.3, 0.4) is 0 Å². The van der Waals surface area contributed by atoms with Crippen LogP contribution in [0, 0.1) is 5.41 Å². The Bertz CT molecular complexity index is 437. The zero-order valence-electron chi connectivity index (χ0n) is 13.2. The minimum Gasteiger partial charge on any atom is -0.0877 e. The predicted molar refractivity (Wildman–Crippen MR) is 87.2 cm³/mol. The SMILES string of the molecule is CC=C/C=C/C=C(C)/C=C/C1=C(C)CCCC1(C)C. The Morgan fingerprint density at radius 2 is 1.89 bits per heavy atom. The Morgan fingerprint density at radius 3 is 2.53 bits per heavy atom. The molecule has 0 fully saturated rings. The molecule has 0 unspecified atom stereocenters. The third-order valence-electron chi connectivity index (χ3n) is 3.83. The van der Waals surface area contributed by atoms with E-state index in [1.54, 1.807) is 5.57 Å². The molecule has 0 aromatic rings. The van der Waals surface area contributed by atoms with Crippen LogP contribution in [0.4, 0.5) is 0 Å². The Labute approximate surface area is 119 Å². The fraction of sp³-hybridized carbons (Fsp3) is 0.474. The topological polar surface area (TPSA) is 0 Å². The van der Waals surface area contributed by atoms with Crippen molar-refractivity contribution in [2.45, 2.75) is 53.9 Å². The molecule has 0 atom stereocenters. The highest BCUT2D eigenvalue weighted by molar-refractivity contribution is 5.36. The molecule has 0 aromatic carbocycles. The van der Waals surface area contributed by atoms with Crippen LogP contribution in [-0.2, 0) is 0 Å². The molecular weight excluding hydrogens is 228 g/mol. The largest absolute Gasteiger partial charge is 0.0877 e. The molecule has 0 N–H and O–H groups in total. The van der Waals surface area contributed by atoms with E-state index in [1.807, 2.05) is 19.1 Å². The second-order valence-electron chi connectivity index (χ2n) is 6.09. The second kappa shape index (κ2) is 7.33. The molecular formula is C19H28. The van der Waals surface area contributed by atoms with Gasteiger partial charge < -0.3 is 0 Å². The summed E-state index contributed by atoms with van der Waals surface area (Å²) in [4.78, 5) is 0. The van der Waals surface area contributed by atoms with E-state index < -0.39 is 0 Å². The summed E-state index contributed by atoms with van der Waals surface area (Å²) in [6.07, 6.45) is 18.8. The zero-order valence-corrected chi connectivity index (χ0v) is 13.2. The molecule has 0 heterocycles. The number of allylic oxidation sites excluding steroid dienone is 10. The van der Waals surface area contributed by atoms with Crippen LogP contribution in [0.5, 0.6) is 0 Å². The molecule has 0 saturated carbocycles. The molecule has 0 aromatic heterocycles. The Hall–Kier alpha value is -1.30. The van der Waals surface area contributed by atoms with Gasteiger partial charge in [0.2, 0.25) is 0 Å². The third-order valence-corrected chi connectivity index (χ3v) is 3.83. The van der Waals surface area contributed by atoms with Crippen molar-refractivity contribution < 1.29 is 0 Å². The van der Waals surface area contributed by atoms with Crippen LogP contribution in [0.1, 0.15) is 53.9 Å². The maximum atomic E-state index is 2.36. The number of rotatable bonds is 4. The van der Waals surface area contributed by atoms with Crippen molar-refractivity contribution in [1.29, 1.82) is 0 Å². The third kappa shape index (κ3) is 5.06. The highest BCUT2D eigenvalue weighted by atomic mass is 14.3. The molecule has 0 radical (unpaired) electrons. The molecule has 0 amide bonds. The Kier molecular flexibility index (Phi) is 6.08. The van der Waals surface area contributed by atoms with Gasteiger partial charge in [0.05, 0.1) is 0 Å². The van der Waals surface area contributed by atoms with Crippen LogP contribution in [0.15, 0.2) is 59.3 Å². The summed E-state index contributed by atoms with van der Waals surface area (Å²) < 4.78 is 0. The Balaban J connectivity index is 2.80. The van der Waals surface area contributed by atoms with E-state index in [0.717, 1.165) is 0 Å². The van der Waals surface area contributed by atoms with E-state index in [1.165, 1.54) is 30.4 Å². The summed E-state index contributed by atoms with van der Waals surface area (Å²) >= 11 is 0. The Morgan fingerprint density at radius 1 is 1.16 bits per heavy atom. The molecule has 1 aliphatic rings. The van der Waals surface area contributed by atoms with E-state index in [0.29, 0.717) is 5.41 Å². The van der Waals surface area contributed by atoms with Crippen molar-refractivity contribution in [2.24, 2.45) is 5.41 Å². The lowest BCUT2D eigenvalue weighted by atomic mass is 9.72. The lowest BCUT2D eigenvalue weighted by Gasteiger charge is -2.32. The standard InChI is InChI=1S/C19H28/c1-6-7-8-9-11-16(2)13-14-18-17(3)12-10-15-19(18,4)5/h6-9,11,13-14H,10,12,15H2,1-5H3/b7-6?,9-8+,14-13+,16-11+. The molecule has 0 aliphatic heterocycles. The molecule has 19 heavy (non-hydrogen) atoms. The first-order valence-corrected chi connectivity index (χ1v) is 7.32. The summed E-state index contributed by atoms with van der Waals surface area (Å²) in [5.74, 6) is 0. The highest BCUT2D eigenvalue weighted by Crippen LogP contribution is 2.40. The van der Waals surface area contributed by atoms with E-state index in [-0.39, 0.29) is 0 Å². The lowest BCUT2D eigenvalue weighted by molar-refractivity contribution is 0.377. The molecule has 0 heteroatoms. The minimum absolute atomic E-state index is 0.333. The average molecular weight is 256 g/mol. The molecule has 0 spiro atoms. The van der Waals surface area contributed by atoms with Gasteiger partial charge in [-0.15, -0.1) is 0 Å².